The number of amides is 1. The molecule has 1 aliphatic rings. The van der Waals surface area contributed by atoms with Crippen molar-refractivity contribution < 1.29 is 13.2 Å². The van der Waals surface area contributed by atoms with Crippen LogP contribution in [0.15, 0.2) is 0 Å². The van der Waals surface area contributed by atoms with Gasteiger partial charge in [-0.05, 0) is 25.2 Å². The van der Waals surface area contributed by atoms with Crippen LogP contribution in [0.3, 0.4) is 0 Å². The highest BCUT2D eigenvalue weighted by atomic mass is 32.2. The van der Waals surface area contributed by atoms with Crippen molar-refractivity contribution in [2.24, 2.45) is 11.3 Å². The first kappa shape index (κ1) is 14.5. The first-order chi connectivity index (χ1) is 7.71. The summed E-state index contributed by atoms with van der Waals surface area (Å²) in [7, 11) is -2.76. The molecule has 1 amide bonds. The van der Waals surface area contributed by atoms with Gasteiger partial charge < -0.3 is 5.32 Å². The molecule has 0 spiro atoms. The van der Waals surface area contributed by atoms with E-state index >= 15 is 0 Å². The van der Waals surface area contributed by atoms with Crippen LogP contribution >= 0.6 is 0 Å². The van der Waals surface area contributed by atoms with Gasteiger partial charge in [-0.25, -0.2) is 8.42 Å². The zero-order valence-corrected chi connectivity index (χ0v) is 11.8. The predicted molar refractivity (Wildman–Crippen MR) is 68.5 cm³/mol. The van der Waals surface area contributed by atoms with Gasteiger partial charge in [0.1, 0.15) is 0 Å². The summed E-state index contributed by atoms with van der Waals surface area (Å²) < 4.78 is 22.5. The van der Waals surface area contributed by atoms with Gasteiger partial charge in [0.25, 0.3) is 0 Å². The Hall–Kier alpha value is -0.580. The molecule has 1 N–H and O–H groups in total. The van der Waals surface area contributed by atoms with E-state index < -0.39 is 9.84 Å². The van der Waals surface area contributed by atoms with E-state index in [1.54, 1.807) is 0 Å². The molecule has 4 nitrogen and oxygen atoms in total. The van der Waals surface area contributed by atoms with Gasteiger partial charge in [0, 0.05) is 12.0 Å². The van der Waals surface area contributed by atoms with Crippen molar-refractivity contribution in [3.05, 3.63) is 0 Å². The van der Waals surface area contributed by atoms with Crippen molar-refractivity contribution >= 4 is 15.7 Å². The zero-order chi connectivity index (χ0) is 13.1. The molecule has 1 heterocycles. The van der Waals surface area contributed by atoms with Crippen LogP contribution in [0.4, 0.5) is 0 Å². The summed E-state index contributed by atoms with van der Waals surface area (Å²) in [5.74, 6) is 1.02. The lowest BCUT2D eigenvalue weighted by molar-refractivity contribution is -0.128. The van der Waals surface area contributed by atoms with E-state index in [0.717, 1.165) is 19.3 Å². The quantitative estimate of drug-likeness (QED) is 0.777. The van der Waals surface area contributed by atoms with Crippen molar-refractivity contribution in [3.8, 4) is 0 Å². The SMILES string of the molecule is CC(C)(C)C(=O)NCCCC1CCS(=O)(=O)C1. The Morgan fingerprint density at radius 1 is 1.35 bits per heavy atom. The molecule has 5 heteroatoms. The highest BCUT2D eigenvalue weighted by molar-refractivity contribution is 7.91. The fourth-order valence-electron chi connectivity index (χ4n) is 1.96. The summed E-state index contributed by atoms with van der Waals surface area (Å²) in [5.41, 5.74) is -0.350. The van der Waals surface area contributed by atoms with E-state index in [-0.39, 0.29) is 11.3 Å². The summed E-state index contributed by atoms with van der Waals surface area (Å²) >= 11 is 0. The van der Waals surface area contributed by atoms with Crippen molar-refractivity contribution in [1.82, 2.24) is 5.32 Å². The summed E-state index contributed by atoms with van der Waals surface area (Å²) in [6.45, 7) is 6.29. The van der Waals surface area contributed by atoms with Gasteiger partial charge in [-0.3, -0.25) is 4.79 Å². The van der Waals surface area contributed by atoms with Crippen LogP contribution in [0.1, 0.15) is 40.0 Å². The molecule has 0 bridgehead atoms. The molecule has 17 heavy (non-hydrogen) atoms. The number of hydrogen-bond donors (Lipinski definition) is 1. The number of carbonyl (C=O) groups is 1. The van der Waals surface area contributed by atoms with Gasteiger partial charge in [0.05, 0.1) is 11.5 Å². The summed E-state index contributed by atoms with van der Waals surface area (Å²) in [6.07, 6.45) is 2.54. The van der Waals surface area contributed by atoms with Crippen LogP contribution < -0.4 is 5.32 Å². The van der Waals surface area contributed by atoms with E-state index in [9.17, 15) is 13.2 Å². The van der Waals surface area contributed by atoms with E-state index in [2.05, 4.69) is 5.32 Å². The molecule has 1 aliphatic heterocycles. The van der Waals surface area contributed by atoms with Gasteiger partial charge >= 0.3 is 0 Å². The second-order valence-corrected chi connectivity index (χ2v) is 8.15. The number of sulfone groups is 1. The number of hydrogen-bond acceptors (Lipinski definition) is 3. The van der Waals surface area contributed by atoms with Crippen LogP contribution in [-0.4, -0.2) is 32.4 Å². The van der Waals surface area contributed by atoms with Gasteiger partial charge in [-0.1, -0.05) is 20.8 Å². The van der Waals surface area contributed by atoms with Crippen LogP contribution in [0.5, 0.6) is 0 Å². The van der Waals surface area contributed by atoms with Gasteiger partial charge in [0.15, 0.2) is 9.84 Å². The van der Waals surface area contributed by atoms with Crippen LogP contribution in [0.2, 0.25) is 0 Å². The third-order valence-electron chi connectivity index (χ3n) is 3.08. The molecule has 0 aliphatic carbocycles. The lowest BCUT2D eigenvalue weighted by Crippen LogP contribution is -2.35. The Morgan fingerprint density at radius 3 is 2.47 bits per heavy atom. The third-order valence-corrected chi connectivity index (χ3v) is 4.92. The highest BCUT2D eigenvalue weighted by Gasteiger charge is 2.27. The first-order valence-electron chi connectivity index (χ1n) is 6.19. The average molecular weight is 261 g/mol. The number of nitrogens with one attached hydrogen (secondary N) is 1. The Labute approximate surface area is 104 Å². The average Bonchev–Trinajstić information content (AvgIpc) is 2.51. The largest absolute Gasteiger partial charge is 0.356 e. The fourth-order valence-corrected chi connectivity index (χ4v) is 3.87. The molecule has 0 aromatic heterocycles. The van der Waals surface area contributed by atoms with Gasteiger partial charge in [-0.2, -0.15) is 0 Å². The molecule has 1 rings (SSSR count). The second kappa shape index (κ2) is 5.38. The molecule has 0 aromatic carbocycles. The maximum atomic E-state index is 11.6. The Kier molecular flexibility index (Phi) is 4.58. The predicted octanol–water partition coefficient (Wildman–Crippen LogP) is 1.36. The van der Waals surface area contributed by atoms with Crippen molar-refractivity contribution in [2.75, 3.05) is 18.1 Å². The minimum atomic E-state index is -2.76. The molecule has 1 fully saturated rings. The maximum absolute atomic E-state index is 11.6. The molecule has 1 unspecified atom stereocenters. The minimum absolute atomic E-state index is 0.0524. The van der Waals surface area contributed by atoms with E-state index in [1.165, 1.54) is 0 Å². The first-order valence-corrected chi connectivity index (χ1v) is 8.01. The summed E-state index contributed by atoms with van der Waals surface area (Å²) in [6, 6.07) is 0. The molecule has 1 saturated heterocycles. The standard InChI is InChI=1S/C12H23NO3S/c1-12(2,3)11(14)13-7-4-5-10-6-8-17(15,16)9-10/h10H,4-9H2,1-3H3,(H,13,14). The smallest absolute Gasteiger partial charge is 0.225 e. The van der Waals surface area contributed by atoms with Crippen LogP contribution in [-0.2, 0) is 14.6 Å². The van der Waals surface area contributed by atoms with Crippen LogP contribution in [0.25, 0.3) is 0 Å². The summed E-state index contributed by atoms with van der Waals surface area (Å²) in [5, 5.41) is 2.88. The van der Waals surface area contributed by atoms with Crippen molar-refractivity contribution in [3.63, 3.8) is 0 Å². The third kappa shape index (κ3) is 5.06. The van der Waals surface area contributed by atoms with Crippen molar-refractivity contribution in [1.29, 1.82) is 0 Å². The fraction of sp³-hybridized carbons (Fsp3) is 0.917. The molecule has 1 atom stereocenters. The van der Waals surface area contributed by atoms with Gasteiger partial charge in [0.2, 0.25) is 5.91 Å². The monoisotopic (exact) mass is 261 g/mol. The van der Waals surface area contributed by atoms with E-state index in [0.29, 0.717) is 24.0 Å². The second-order valence-electron chi connectivity index (χ2n) is 5.92. The molecule has 0 saturated carbocycles. The molecule has 0 radical (unpaired) electrons. The normalized spacial score (nSPS) is 23.6. The van der Waals surface area contributed by atoms with Crippen LogP contribution in [0, 0.1) is 11.3 Å². The molecular formula is C12H23NO3S. The molecule has 100 valence electrons. The number of rotatable bonds is 4. The Bertz CT molecular complexity index is 368. The zero-order valence-electron chi connectivity index (χ0n) is 11.0. The highest BCUT2D eigenvalue weighted by Crippen LogP contribution is 2.22. The van der Waals surface area contributed by atoms with Crippen molar-refractivity contribution in [2.45, 2.75) is 40.0 Å². The van der Waals surface area contributed by atoms with E-state index in [1.807, 2.05) is 20.8 Å². The lowest BCUT2D eigenvalue weighted by atomic mass is 9.95. The lowest BCUT2D eigenvalue weighted by Gasteiger charge is -2.17. The molecule has 0 aromatic rings. The Balaban J connectivity index is 2.16. The summed E-state index contributed by atoms with van der Waals surface area (Å²) in [4.78, 5) is 11.6. The Morgan fingerprint density at radius 2 is 2.00 bits per heavy atom. The van der Waals surface area contributed by atoms with Gasteiger partial charge in [-0.15, -0.1) is 0 Å². The minimum Gasteiger partial charge on any atom is -0.356 e. The van der Waals surface area contributed by atoms with E-state index in [4.69, 9.17) is 0 Å². The maximum Gasteiger partial charge on any atom is 0.225 e. The number of carbonyl (C=O) groups excluding carboxylic acids is 1. The molecular weight excluding hydrogens is 238 g/mol. The topological polar surface area (TPSA) is 63.2 Å².